The fraction of sp³-hybridized carbons (Fsp3) is 0.615. The van der Waals surface area contributed by atoms with Crippen LogP contribution in [0.4, 0.5) is 0 Å². The zero-order chi connectivity index (χ0) is 12.0. The summed E-state index contributed by atoms with van der Waals surface area (Å²) in [6, 6.07) is 0.548. The number of nitrogens with zero attached hydrogens (tertiary/aromatic N) is 1. The van der Waals surface area contributed by atoms with Crippen LogP contribution in [0, 0.1) is 13.8 Å². The Kier molecular flexibility index (Phi) is 5.26. The molecule has 1 unspecified atom stereocenters. The summed E-state index contributed by atoms with van der Waals surface area (Å²) in [5, 5.41) is 7.49. The van der Waals surface area contributed by atoms with E-state index in [-0.39, 0.29) is 0 Å². The average molecular weight is 222 g/mol. The molecule has 0 saturated heterocycles. The third-order valence-electron chi connectivity index (χ3n) is 2.96. The van der Waals surface area contributed by atoms with Gasteiger partial charge in [-0.05, 0) is 33.1 Å². The second-order valence-electron chi connectivity index (χ2n) is 4.15. The highest BCUT2D eigenvalue weighted by molar-refractivity contribution is 5.20. The SMILES string of the molecule is C=CCCC(CC)NCc1c(C)noc1C. The fourth-order valence-corrected chi connectivity index (χ4v) is 1.77. The second-order valence-corrected chi connectivity index (χ2v) is 4.15. The van der Waals surface area contributed by atoms with E-state index in [0.29, 0.717) is 6.04 Å². The normalized spacial score (nSPS) is 12.7. The van der Waals surface area contributed by atoms with Crippen LogP contribution in [0.15, 0.2) is 17.2 Å². The molecule has 0 fully saturated rings. The molecule has 90 valence electrons. The van der Waals surface area contributed by atoms with E-state index >= 15 is 0 Å². The molecule has 1 rings (SSSR count). The molecule has 1 atom stereocenters. The van der Waals surface area contributed by atoms with Crippen LogP contribution in [0.1, 0.15) is 43.2 Å². The van der Waals surface area contributed by atoms with Gasteiger partial charge in [0.25, 0.3) is 0 Å². The van der Waals surface area contributed by atoms with E-state index in [1.165, 1.54) is 5.56 Å². The number of allylic oxidation sites excluding steroid dienone is 1. The Hall–Kier alpha value is -1.09. The van der Waals surface area contributed by atoms with Crippen molar-refractivity contribution < 1.29 is 4.52 Å². The average Bonchev–Trinajstić information content (AvgIpc) is 2.60. The van der Waals surface area contributed by atoms with Gasteiger partial charge in [0.1, 0.15) is 5.76 Å². The molecule has 3 heteroatoms. The number of aryl methyl sites for hydroxylation is 2. The Balaban J connectivity index is 2.45. The lowest BCUT2D eigenvalue weighted by Gasteiger charge is -2.15. The van der Waals surface area contributed by atoms with Gasteiger partial charge in [-0.3, -0.25) is 0 Å². The molecule has 0 amide bonds. The zero-order valence-electron chi connectivity index (χ0n) is 10.5. The molecule has 0 saturated carbocycles. The molecule has 0 aliphatic carbocycles. The standard InChI is InChI=1S/C13H22N2O/c1-5-7-8-12(6-2)14-9-13-10(3)15-16-11(13)4/h5,12,14H,1,6-9H2,2-4H3. The fourth-order valence-electron chi connectivity index (χ4n) is 1.77. The Morgan fingerprint density at radius 2 is 2.25 bits per heavy atom. The van der Waals surface area contributed by atoms with Gasteiger partial charge in [-0.15, -0.1) is 6.58 Å². The van der Waals surface area contributed by atoms with Gasteiger partial charge in [0.05, 0.1) is 5.69 Å². The largest absolute Gasteiger partial charge is 0.361 e. The number of hydrogen-bond acceptors (Lipinski definition) is 3. The van der Waals surface area contributed by atoms with Crippen LogP contribution in [0.25, 0.3) is 0 Å². The summed E-state index contributed by atoms with van der Waals surface area (Å²) < 4.78 is 5.14. The first-order chi connectivity index (χ1) is 7.69. The molecule has 1 aromatic rings. The first-order valence-electron chi connectivity index (χ1n) is 5.95. The van der Waals surface area contributed by atoms with Gasteiger partial charge in [-0.25, -0.2) is 0 Å². The predicted molar refractivity (Wildman–Crippen MR) is 66.3 cm³/mol. The minimum atomic E-state index is 0.548. The zero-order valence-corrected chi connectivity index (χ0v) is 10.5. The van der Waals surface area contributed by atoms with Crippen LogP contribution < -0.4 is 5.32 Å². The molecule has 1 N–H and O–H groups in total. The van der Waals surface area contributed by atoms with Crippen molar-refractivity contribution in [2.45, 2.75) is 52.6 Å². The molecule has 0 aliphatic rings. The van der Waals surface area contributed by atoms with E-state index in [9.17, 15) is 0 Å². The van der Waals surface area contributed by atoms with Gasteiger partial charge >= 0.3 is 0 Å². The second kappa shape index (κ2) is 6.48. The highest BCUT2D eigenvalue weighted by Crippen LogP contribution is 2.12. The van der Waals surface area contributed by atoms with Gasteiger partial charge in [-0.1, -0.05) is 18.2 Å². The molecule has 16 heavy (non-hydrogen) atoms. The van der Waals surface area contributed by atoms with Crippen molar-refractivity contribution in [3.05, 3.63) is 29.7 Å². The van der Waals surface area contributed by atoms with E-state index in [0.717, 1.165) is 37.3 Å². The van der Waals surface area contributed by atoms with Crippen LogP contribution in [-0.2, 0) is 6.54 Å². The first kappa shape index (κ1) is 13.0. The smallest absolute Gasteiger partial charge is 0.138 e. The molecular formula is C13H22N2O. The van der Waals surface area contributed by atoms with E-state index in [1.54, 1.807) is 0 Å². The summed E-state index contributed by atoms with van der Waals surface area (Å²) in [7, 11) is 0. The van der Waals surface area contributed by atoms with Gasteiger partial charge in [-0.2, -0.15) is 0 Å². The Bertz CT molecular complexity index is 311. The Morgan fingerprint density at radius 3 is 2.75 bits per heavy atom. The summed E-state index contributed by atoms with van der Waals surface area (Å²) in [6.07, 6.45) is 5.31. The van der Waals surface area contributed by atoms with Crippen molar-refractivity contribution >= 4 is 0 Å². The molecule has 0 spiro atoms. The summed E-state index contributed by atoms with van der Waals surface area (Å²) in [6.45, 7) is 10.7. The molecule has 1 aromatic heterocycles. The lowest BCUT2D eigenvalue weighted by Crippen LogP contribution is -2.28. The third kappa shape index (κ3) is 3.49. The summed E-state index contributed by atoms with van der Waals surface area (Å²) in [5.74, 6) is 0.920. The van der Waals surface area contributed by atoms with Crippen molar-refractivity contribution in [3.63, 3.8) is 0 Å². The number of nitrogens with one attached hydrogen (secondary N) is 1. The lowest BCUT2D eigenvalue weighted by atomic mass is 10.1. The Labute approximate surface area is 97.9 Å². The van der Waals surface area contributed by atoms with E-state index in [2.05, 4.69) is 24.0 Å². The molecule has 1 heterocycles. The lowest BCUT2D eigenvalue weighted by molar-refractivity contribution is 0.391. The molecule has 0 aliphatic heterocycles. The van der Waals surface area contributed by atoms with Crippen molar-refractivity contribution in [3.8, 4) is 0 Å². The minimum absolute atomic E-state index is 0.548. The maximum absolute atomic E-state index is 5.14. The molecule has 0 aromatic carbocycles. The van der Waals surface area contributed by atoms with Crippen LogP contribution in [0.3, 0.4) is 0 Å². The Morgan fingerprint density at radius 1 is 1.50 bits per heavy atom. The number of hydrogen-bond donors (Lipinski definition) is 1. The van der Waals surface area contributed by atoms with Crippen LogP contribution in [-0.4, -0.2) is 11.2 Å². The predicted octanol–water partition coefficient (Wildman–Crippen LogP) is 3.13. The molecule has 3 nitrogen and oxygen atoms in total. The van der Waals surface area contributed by atoms with Gasteiger partial charge < -0.3 is 9.84 Å². The van der Waals surface area contributed by atoms with Crippen LogP contribution >= 0.6 is 0 Å². The van der Waals surface area contributed by atoms with Crippen LogP contribution in [0.2, 0.25) is 0 Å². The van der Waals surface area contributed by atoms with Gasteiger partial charge in [0.2, 0.25) is 0 Å². The van der Waals surface area contributed by atoms with Crippen molar-refractivity contribution in [2.75, 3.05) is 0 Å². The topological polar surface area (TPSA) is 38.1 Å². The maximum atomic E-state index is 5.14. The monoisotopic (exact) mass is 222 g/mol. The quantitative estimate of drug-likeness (QED) is 0.720. The van der Waals surface area contributed by atoms with E-state index in [1.807, 2.05) is 19.9 Å². The number of rotatable bonds is 7. The van der Waals surface area contributed by atoms with E-state index in [4.69, 9.17) is 4.52 Å². The highest BCUT2D eigenvalue weighted by atomic mass is 16.5. The summed E-state index contributed by atoms with van der Waals surface area (Å²) in [4.78, 5) is 0. The van der Waals surface area contributed by atoms with Crippen molar-refractivity contribution in [1.29, 1.82) is 0 Å². The van der Waals surface area contributed by atoms with Crippen LogP contribution in [0.5, 0.6) is 0 Å². The van der Waals surface area contributed by atoms with E-state index < -0.39 is 0 Å². The maximum Gasteiger partial charge on any atom is 0.138 e. The summed E-state index contributed by atoms with van der Waals surface area (Å²) >= 11 is 0. The molecule has 0 bridgehead atoms. The molecular weight excluding hydrogens is 200 g/mol. The minimum Gasteiger partial charge on any atom is -0.361 e. The van der Waals surface area contributed by atoms with Crippen molar-refractivity contribution in [2.24, 2.45) is 0 Å². The molecule has 0 radical (unpaired) electrons. The third-order valence-corrected chi connectivity index (χ3v) is 2.96. The van der Waals surface area contributed by atoms with Gasteiger partial charge in [0.15, 0.2) is 0 Å². The summed E-state index contributed by atoms with van der Waals surface area (Å²) in [5.41, 5.74) is 2.18. The van der Waals surface area contributed by atoms with Gasteiger partial charge in [0, 0.05) is 18.2 Å². The number of aromatic nitrogens is 1. The van der Waals surface area contributed by atoms with Crippen molar-refractivity contribution in [1.82, 2.24) is 10.5 Å². The highest BCUT2D eigenvalue weighted by Gasteiger charge is 2.10. The first-order valence-corrected chi connectivity index (χ1v) is 5.95.